The molecule has 0 radical (unpaired) electrons. The number of hydrogen-bond acceptors (Lipinski definition) is 2. The highest BCUT2D eigenvalue weighted by molar-refractivity contribution is 9.10. The van der Waals surface area contributed by atoms with Gasteiger partial charge >= 0.3 is 0 Å². The van der Waals surface area contributed by atoms with Crippen molar-refractivity contribution in [1.29, 1.82) is 0 Å². The fourth-order valence-electron chi connectivity index (χ4n) is 1.76. The van der Waals surface area contributed by atoms with E-state index in [9.17, 15) is 4.79 Å². The molecule has 1 heterocycles. The van der Waals surface area contributed by atoms with E-state index >= 15 is 0 Å². The average molecular weight is 308 g/mol. The zero-order chi connectivity index (χ0) is 13.1. The molecule has 0 spiro atoms. The van der Waals surface area contributed by atoms with E-state index in [1.165, 1.54) is 11.8 Å². The van der Waals surface area contributed by atoms with Gasteiger partial charge in [-0.3, -0.25) is 4.79 Å². The minimum Gasteiger partial charge on any atom is -0.457 e. The number of carbonyl (C=O) groups is 1. The summed E-state index contributed by atoms with van der Waals surface area (Å²) in [5, 5.41) is 0. The molecule has 18 heavy (non-hydrogen) atoms. The number of halogens is 1. The molecule has 0 atom stereocenters. The largest absolute Gasteiger partial charge is 0.457 e. The molecule has 94 valence electrons. The SMILES string of the molecule is CCN(C(=O)c1ccoc1Br)c1ccc(C)cc1. The highest BCUT2D eigenvalue weighted by atomic mass is 79.9. The van der Waals surface area contributed by atoms with Gasteiger partial charge in [-0.2, -0.15) is 0 Å². The van der Waals surface area contributed by atoms with E-state index < -0.39 is 0 Å². The van der Waals surface area contributed by atoms with E-state index in [1.807, 2.05) is 38.1 Å². The summed E-state index contributed by atoms with van der Waals surface area (Å²) in [5.41, 5.74) is 2.60. The third kappa shape index (κ3) is 2.48. The second kappa shape index (κ2) is 5.40. The second-order valence-electron chi connectivity index (χ2n) is 3.99. The smallest absolute Gasteiger partial charge is 0.262 e. The van der Waals surface area contributed by atoms with Crippen LogP contribution in [-0.4, -0.2) is 12.5 Å². The number of benzene rings is 1. The first-order valence-electron chi connectivity index (χ1n) is 5.75. The molecule has 0 aliphatic carbocycles. The Hall–Kier alpha value is -1.55. The first kappa shape index (κ1) is 12.9. The van der Waals surface area contributed by atoms with Gasteiger partial charge in [0.2, 0.25) is 0 Å². The molecule has 1 aromatic carbocycles. The molecule has 3 nitrogen and oxygen atoms in total. The fourth-order valence-corrected chi connectivity index (χ4v) is 2.17. The average Bonchev–Trinajstić information content (AvgIpc) is 2.78. The van der Waals surface area contributed by atoms with Crippen molar-refractivity contribution in [3.05, 3.63) is 52.4 Å². The minimum absolute atomic E-state index is 0.0676. The van der Waals surface area contributed by atoms with Gasteiger partial charge in [-0.1, -0.05) is 17.7 Å². The van der Waals surface area contributed by atoms with E-state index in [1.54, 1.807) is 11.0 Å². The Morgan fingerprint density at radius 1 is 1.28 bits per heavy atom. The highest BCUT2D eigenvalue weighted by Crippen LogP contribution is 2.23. The lowest BCUT2D eigenvalue weighted by Gasteiger charge is -2.20. The molecule has 0 N–H and O–H groups in total. The van der Waals surface area contributed by atoms with Crippen molar-refractivity contribution < 1.29 is 9.21 Å². The van der Waals surface area contributed by atoms with Gasteiger partial charge in [-0.15, -0.1) is 0 Å². The molecule has 1 amide bonds. The van der Waals surface area contributed by atoms with Gasteiger partial charge in [-0.05, 0) is 48.0 Å². The predicted octanol–water partition coefficient (Wildman–Crippen LogP) is 4.02. The van der Waals surface area contributed by atoms with Gasteiger partial charge in [0, 0.05) is 12.2 Å². The van der Waals surface area contributed by atoms with Gasteiger partial charge < -0.3 is 9.32 Å². The molecule has 2 rings (SSSR count). The lowest BCUT2D eigenvalue weighted by molar-refractivity contribution is 0.0986. The number of anilines is 1. The summed E-state index contributed by atoms with van der Waals surface area (Å²) >= 11 is 3.23. The van der Waals surface area contributed by atoms with Gasteiger partial charge in [0.25, 0.3) is 5.91 Å². The first-order valence-corrected chi connectivity index (χ1v) is 6.54. The molecule has 0 saturated heterocycles. The van der Waals surface area contributed by atoms with Crippen molar-refractivity contribution >= 4 is 27.5 Å². The van der Waals surface area contributed by atoms with Crippen LogP contribution >= 0.6 is 15.9 Å². The maximum atomic E-state index is 12.4. The molecule has 2 aromatic rings. The van der Waals surface area contributed by atoms with Crippen LogP contribution < -0.4 is 4.90 Å². The van der Waals surface area contributed by atoms with Gasteiger partial charge in [-0.25, -0.2) is 0 Å². The highest BCUT2D eigenvalue weighted by Gasteiger charge is 2.20. The van der Waals surface area contributed by atoms with Gasteiger partial charge in [0.05, 0.1) is 11.8 Å². The third-order valence-electron chi connectivity index (χ3n) is 2.76. The van der Waals surface area contributed by atoms with E-state index in [0.717, 1.165) is 5.69 Å². The van der Waals surface area contributed by atoms with Crippen LogP contribution in [0, 0.1) is 6.92 Å². The number of aryl methyl sites for hydroxylation is 1. The summed E-state index contributed by atoms with van der Waals surface area (Å²) < 4.78 is 5.57. The molecule has 0 saturated carbocycles. The number of amides is 1. The van der Waals surface area contributed by atoms with Crippen molar-refractivity contribution in [3.63, 3.8) is 0 Å². The predicted molar refractivity (Wildman–Crippen MR) is 74.9 cm³/mol. The summed E-state index contributed by atoms with van der Waals surface area (Å²) in [4.78, 5) is 14.1. The number of rotatable bonds is 3. The summed E-state index contributed by atoms with van der Waals surface area (Å²) in [5.74, 6) is -0.0676. The zero-order valence-corrected chi connectivity index (χ0v) is 11.9. The Balaban J connectivity index is 2.32. The fraction of sp³-hybridized carbons (Fsp3) is 0.214. The Morgan fingerprint density at radius 3 is 2.44 bits per heavy atom. The lowest BCUT2D eigenvalue weighted by Crippen LogP contribution is -2.30. The van der Waals surface area contributed by atoms with E-state index in [2.05, 4.69) is 15.9 Å². The molecule has 0 unspecified atom stereocenters. The first-order chi connectivity index (χ1) is 8.63. The minimum atomic E-state index is -0.0676. The third-order valence-corrected chi connectivity index (χ3v) is 3.37. The normalized spacial score (nSPS) is 10.4. The Labute approximate surface area is 115 Å². The Kier molecular flexibility index (Phi) is 3.87. The maximum Gasteiger partial charge on any atom is 0.262 e. The molecule has 0 aliphatic heterocycles. The van der Waals surface area contributed by atoms with Crippen LogP contribution in [0.3, 0.4) is 0 Å². The van der Waals surface area contributed by atoms with E-state index in [4.69, 9.17) is 4.42 Å². The standard InChI is InChI=1S/C14H14BrNO2/c1-3-16(11-6-4-10(2)5-7-11)14(17)12-8-9-18-13(12)15/h4-9H,3H2,1-2H3. The molecule has 4 heteroatoms. The Morgan fingerprint density at radius 2 is 1.94 bits per heavy atom. The topological polar surface area (TPSA) is 33.5 Å². The van der Waals surface area contributed by atoms with E-state index in [0.29, 0.717) is 16.8 Å². The summed E-state index contributed by atoms with van der Waals surface area (Å²) in [6.07, 6.45) is 1.50. The van der Waals surface area contributed by atoms with Crippen molar-refractivity contribution in [1.82, 2.24) is 0 Å². The van der Waals surface area contributed by atoms with Crippen LogP contribution in [0.2, 0.25) is 0 Å². The van der Waals surface area contributed by atoms with Crippen molar-refractivity contribution in [2.24, 2.45) is 0 Å². The number of carbonyl (C=O) groups excluding carboxylic acids is 1. The zero-order valence-electron chi connectivity index (χ0n) is 10.3. The van der Waals surface area contributed by atoms with Gasteiger partial charge in [0.1, 0.15) is 0 Å². The summed E-state index contributed by atoms with van der Waals surface area (Å²) in [7, 11) is 0. The van der Waals surface area contributed by atoms with Gasteiger partial charge in [0.15, 0.2) is 4.67 Å². The van der Waals surface area contributed by atoms with Crippen LogP contribution in [0.5, 0.6) is 0 Å². The molecule has 1 aromatic heterocycles. The van der Waals surface area contributed by atoms with Crippen LogP contribution in [0.25, 0.3) is 0 Å². The molecule has 0 bridgehead atoms. The van der Waals surface area contributed by atoms with Crippen molar-refractivity contribution in [3.8, 4) is 0 Å². The molecule has 0 fully saturated rings. The van der Waals surface area contributed by atoms with Crippen molar-refractivity contribution in [2.45, 2.75) is 13.8 Å². The second-order valence-corrected chi connectivity index (χ2v) is 4.71. The van der Waals surface area contributed by atoms with Crippen LogP contribution in [0.4, 0.5) is 5.69 Å². The Bertz CT molecular complexity index is 545. The van der Waals surface area contributed by atoms with Crippen LogP contribution in [0.1, 0.15) is 22.8 Å². The van der Waals surface area contributed by atoms with Crippen LogP contribution in [0.15, 0.2) is 45.7 Å². The number of hydrogen-bond donors (Lipinski definition) is 0. The number of furan rings is 1. The summed E-state index contributed by atoms with van der Waals surface area (Å²) in [6, 6.07) is 9.56. The van der Waals surface area contributed by atoms with Crippen molar-refractivity contribution in [2.75, 3.05) is 11.4 Å². The van der Waals surface area contributed by atoms with Crippen LogP contribution in [-0.2, 0) is 0 Å². The number of nitrogens with zero attached hydrogens (tertiary/aromatic N) is 1. The quantitative estimate of drug-likeness (QED) is 0.858. The van der Waals surface area contributed by atoms with E-state index in [-0.39, 0.29) is 5.91 Å². The molecular weight excluding hydrogens is 294 g/mol. The monoisotopic (exact) mass is 307 g/mol. The molecular formula is C14H14BrNO2. The summed E-state index contributed by atoms with van der Waals surface area (Å²) in [6.45, 7) is 4.58. The maximum absolute atomic E-state index is 12.4. The molecule has 0 aliphatic rings. The lowest BCUT2D eigenvalue weighted by atomic mass is 10.2.